The summed E-state index contributed by atoms with van der Waals surface area (Å²) in [5, 5.41) is 2.88. The molecule has 3 rings (SSSR count). The molecule has 0 saturated heterocycles. The van der Waals surface area contributed by atoms with E-state index < -0.39 is 0 Å². The van der Waals surface area contributed by atoms with Crippen molar-refractivity contribution in [1.82, 2.24) is 19.5 Å². The third kappa shape index (κ3) is 4.15. The van der Waals surface area contributed by atoms with Crippen LogP contribution >= 0.6 is 0 Å². The first-order chi connectivity index (χ1) is 11.2. The minimum atomic E-state index is 0.0470. The van der Waals surface area contributed by atoms with Crippen LogP contribution in [0, 0.1) is 12.8 Å². The van der Waals surface area contributed by atoms with Crippen LogP contribution in [0.25, 0.3) is 5.95 Å². The van der Waals surface area contributed by atoms with Crippen molar-refractivity contribution in [2.75, 3.05) is 5.32 Å². The summed E-state index contributed by atoms with van der Waals surface area (Å²) in [7, 11) is 0. The van der Waals surface area contributed by atoms with Gasteiger partial charge in [0.25, 0.3) is 0 Å². The van der Waals surface area contributed by atoms with Crippen LogP contribution in [0.3, 0.4) is 0 Å². The molecule has 2 aromatic heterocycles. The van der Waals surface area contributed by atoms with E-state index in [0.717, 1.165) is 18.2 Å². The van der Waals surface area contributed by atoms with Gasteiger partial charge in [0, 0.05) is 18.8 Å². The number of hydrogen-bond acceptors (Lipinski definition) is 4. The van der Waals surface area contributed by atoms with Gasteiger partial charge >= 0.3 is 0 Å². The minimum absolute atomic E-state index is 0.0470. The molecule has 0 atom stereocenters. The molecule has 2 aromatic rings. The van der Waals surface area contributed by atoms with Gasteiger partial charge in [-0.25, -0.2) is 15.0 Å². The second kappa shape index (κ2) is 7.35. The molecule has 1 fully saturated rings. The summed E-state index contributed by atoms with van der Waals surface area (Å²) in [5.41, 5.74) is 0.639. The fourth-order valence-corrected chi connectivity index (χ4v) is 3.13. The van der Waals surface area contributed by atoms with Crippen molar-refractivity contribution in [2.24, 2.45) is 5.92 Å². The van der Waals surface area contributed by atoms with Crippen LogP contribution in [-0.4, -0.2) is 25.4 Å². The number of carbonyl (C=O) groups excluding carboxylic acids is 1. The number of amides is 1. The summed E-state index contributed by atoms with van der Waals surface area (Å²) >= 11 is 0. The second-order valence-corrected chi connectivity index (χ2v) is 6.21. The summed E-state index contributed by atoms with van der Waals surface area (Å²) in [5.74, 6) is 2.15. The molecule has 1 aliphatic carbocycles. The molecule has 0 spiro atoms. The van der Waals surface area contributed by atoms with E-state index in [1.165, 1.54) is 32.1 Å². The number of imidazole rings is 1. The second-order valence-electron chi connectivity index (χ2n) is 6.21. The van der Waals surface area contributed by atoms with Crippen LogP contribution in [0.1, 0.15) is 50.8 Å². The van der Waals surface area contributed by atoms with E-state index in [1.54, 1.807) is 23.2 Å². The molecule has 0 aromatic carbocycles. The van der Waals surface area contributed by atoms with Crippen molar-refractivity contribution in [3.63, 3.8) is 0 Å². The molecule has 2 heterocycles. The lowest BCUT2D eigenvalue weighted by Crippen LogP contribution is -2.15. The quantitative estimate of drug-likeness (QED) is 0.919. The Morgan fingerprint density at radius 3 is 2.61 bits per heavy atom. The molecule has 6 nitrogen and oxygen atoms in total. The number of anilines is 1. The van der Waals surface area contributed by atoms with Crippen molar-refractivity contribution < 1.29 is 4.79 Å². The normalized spacial score (nSPS) is 15.5. The monoisotopic (exact) mass is 313 g/mol. The Morgan fingerprint density at radius 1 is 1.22 bits per heavy atom. The lowest BCUT2D eigenvalue weighted by molar-refractivity contribution is -0.116. The maximum atomic E-state index is 12.0. The van der Waals surface area contributed by atoms with E-state index in [1.807, 2.05) is 13.1 Å². The highest BCUT2D eigenvalue weighted by atomic mass is 16.1. The number of hydrogen-bond donors (Lipinski definition) is 1. The predicted molar refractivity (Wildman–Crippen MR) is 88.3 cm³/mol. The van der Waals surface area contributed by atoms with Gasteiger partial charge in [0.05, 0.1) is 18.1 Å². The van der Waals surface area contributed by atoms with E-state index >= 15 is 0 Å². The molecule has 0 aliphatic heterocycles. The van der Waals surface area contributed by atoms with Gasteiger partial charge in [-0.15, -0.1) is 0 Å². The molecular weight excluding hydrogens is 290 g/mol. The number of aryl methyl sites for hydroxylation is 1. The molecule has 6 heteroatoms. The first-order valence-corrected chi connectivity index (χ1v) is 8.34. The maximum Gasteiger partial charge on any atom is 0.235 e. The SMILES string of the molecule is Cc1nccn1-c1ncc(NC(=O)CCC2CCCCC2)cn1. The van der Waals surface area contributed by atoms with Crippen molar-refractivity contribution >= 4 is 11.6 Å². The summed E-state index contributed by atoms with van der Waals surface area (Å²) in [6.45, 7) is 1.89. The van der Waals surface area contributed by atoms with Gasteiger partial charge in [-0.1, -0.05) is 32.1 Å². The van der Waals surface area contributed by atoms with Crippen molar-refractivity contribution in [2.45, 2.75) is 51.9 Å². The van der Waals surface area contributed by atoms with Crippen LogP contribution in [0.4, 0.5) is 5.69 Å². The fourth-order valence-electron chi connectivity index (χ4n) is 3.13. The molecule has 122 valence electrons. The van der Waals surface area contributed by atoms with Crippen molar-refractivity contribution in [3.8, 4) is 5.95 Å². The Hall–Kier alpha value is -2.24. The zero-order valence-corrected chi connectivity index (χ0v) is 13.5. The zero-order chi connectivity index (χ0) is 16.1. The van der Waals surface area contributed by atoms with E-state index in [9.17, 15) is 4.79 Å². The standard InChI is InChI=1S/C17H23N5O/c1-13-18-9-10-22(13)17-19-11-15(12-20-17)21-16(23)8-7-14-5-3-2-4-6-14/h9-12,14H,2-8H2,1H3,(H,21,23). The van der Waals surface area contributed by atoms with E-state index in [0.29, 0.717) is 18.1 Å². The summed E-state index contributed by atoms with van der Waals surface area (Å²) < 4.78 is 1.80. The van der Waals surface area contributed by atoms with Gasteiger partial charge in [0.15, 0.2) is 0 Å². The van der Waals surface area contributed by atoms with Crippen molar-refractivity contribution in [3.05, 3.63) is 30.6 Å². The molecule has 1 N–H and O–H groups in total. The number of nitrogens with zero attached hydrogens (tertiary/aromatic N) is 4. The smallest absolute Gasteiger partial charge is 0.235 e. The maximum absolute atomic E-state index is 12.0. The van der Waals surface area contributed by atoms with E-state index in [2.05, 4.69) is 20.3 Å². The van der Waals surface area contributed by atoms with Gasteiger partial charge in [-0.3, -0.25) is 9.36 Å². The van der Waals surface area contributed by atoms with Gasteiger partial charge in [-0.05, 0) is 19.3 Å². The van der Waals surface area contributed by atoms with Gasteiger partial charge < -0.3 is 5.32 Å². The van der Waals surface area contributed by atoms with E-state index in [-0.39, 0.29) is 5.91 Å². The highest BCUT2D eigenvalue weighted by molar-refractivity contribution is 5.90. The third-order valence-corrected chi connectivity index (χ3v) is 4.47. The Kier molecular flexibility index (Phi) is 5.00. The van der Waals surface area contributed by atoms with Crippen LogP contribution < -0.4 is 5.32 Å². The Labute approximate surface area is 136 Å². The van der Waals surface area contributed by atoms with Gasteiger partial charge in [-0.2, -0.15) is 0 Å². The third-order valence-electron chi connectivity index (χ3n) is 4.47. The van der Waals surface area contributed by atoms with Crippen molar-refractivity contribution in [1.29, 1.82) is 0 Å². The summed E-state index contributed by atoms with van der Waals surface area (Å²) in [6.07, 6.45) is 14.9. The first-order valence-electron chi connectivity index (χ1n) is 8.34. The van der Waals surface area contributed by atoms with Crippen LogP contribution in [0.2, 0.25) is 0 Å². The zero-order valence-electron chi connectivity index (χ0n) is 13.5. The lowest BCUT2D eigenvalue weighted by atomic mass is 9.86. The highest BCUT2D eigenvalue weighted by Crippen LogP contribution is 2.27. The average molecular weight is 313 g/mol. The fraction of sp³-hybridized carbons (Fsp3) is 0.529. The lowest BCUT2D eigenvalue weighted by Gasteiger charge is -2.20. The summed E-state index contributed by atoms with van der Waals surface area (Å²) in [4.78, 5) is 24.8. The number of aromatic nitrogens is 4. The Balaban J connectivity index is 1.51. The van der Waals surface area contributed by atoms with Gasteiger partial charge in [0.2, 0.25) is 11.9 Å². The molecule has 1 amide bonds. The Morgan fingerprint density at radius 2 is 1.96 bits per heavy atom. The minimum Gasteiger partial charge on any atom is -0.323 e. The highest BCUT2D eigenvalue weighted by Gasteiger charge is 2.15. The number of carbonyl (C=O) groups is 1. The van der Waals surface area contributed by atoms with Crippen LogP contribution in [0.15, 0.2) is 24.8 Å². The molecule has 1 saturated carbocycles. The largest absolute Gasteiger partial charge is 0.323 e. The van der Waals surface area contributed by atoms with Crippen LogP contribution in [0.5, 0.6) is 0 Å². The first kappa shape index (κ1) is 15.6. The average Bonchev–Trinajstić information content (AvgIpc) is 3.01. The van der Waals surface area contributed by atoms with Crippen LogP contribution in [-0.2, 0) is 4.79 Å². The molecule has 0 unspecified atom stereocenters. The molecule has 1 aliphatic rings. The predicted octanol–water partition coefficient (Wildman–Crippen LogP) is 3.27. The topological polar surface area (TPSA) is 72.7 Å². The molecule has 23 heavy (non-hydrogen) atoms. The molecular formula is C17H23N5O. The number of rotatable bonds is 5. The number of nitrogens with one attached hydrogen (secondary N) is 1. The molecule has 0 radical (unpaired) electrons. The Bertz CT molecular complexity index is 643. The van der Waals surface area contributed by atoms with Gasteiger partial charge in [0.1, 0.15) is 5.82 Å². The summed E-state index contributed by atoms with van der Waals surface area (Å²) in [6, 6.07) is 0. The van der Waals surface area contributed by atoms with E-state index in [4.69, 9.17) is 0 Å². The molecule has 0 bridgehead atoms.